The summed E-state index contributed by atoms with van der Waals surface area (Å²) >= 11 is 0. The van der Waals surface area contributed by atoms with E-state index in [2.05, 4.69) is 4.98 Å². The first-order valence-corrected chi connectivity index (χ1v) is 8.09. The van der Waals surface area contributed by atoms with Crippen molar-refractivity contribution < 1.29 is 17.6 Å². The molecule has 4 rings (SSSR count). The van der Waals surface area contributed by atoms with Crippen LogP contribution in [0.15, 0.2) is 83.3 Å². The number of nitrogens with zero attached hydrogens (tertiary/aromatic N) is 1. The number of oxazole rings is 1. The fourth-order valence-corrected chi connectivity index (χ4v) is 2.81. The van der Waals surface area contributed by atoms with Crippen molar-refractivity contribution in [2.24, 2.45) is 0 Å². The molecule has 1 aromatic heterocycles. The number of hydrogen-bond donors (Lipinski definition) is 0. The van der Waals surface area contributed by atoms with Crippen LogP contribution in [0.2, 0.25) is 0 Å². The molecular formula is C21H14F3NO. The third-order valence-corrected chi connectivity index (χ3v) is 4.21. The van der Waals surface area contributed by atoms with Gasteiger partial charge in [-0.15, -0.1) is 0 Å². The highest BCUT2D eigenvalue weighted by atomic mass is 19.3. The van der Waals surface area contributed by atoms with Crippen molar-refractivity contribution in [3.63, 3.8) is 0 Å². The molecular weight excluding hydrogens is 339 g/mol. The smallest absolute Gasteiger partial charge is 0.356 e. The van der Waals surface area contributed by atoms with Gasteiger partial charge in [0.25, 0.3) is 5.89 Å². The van der Waals surface area contributed by atoms with Crippen LogP contribution in [0.5, 0.6) is 0 Å². The Morgan fingerprint density at radius 1 is 0.769 bits per heavy atom. The molecule has 0 radical (unpaired) electrons. The van der Waals surface area contributed by atoms with Crippen molar-refractivity contribution in [3.8, 4) is 11.1 Å². The highest BCUT2D eigenvalue weighted by Crippen LogP contribution is 2.43. The fraction of sp³-hybridized carbons (Fsp3) is 0.0952. The summed E-state index contributed by atoms with van der Waals surface area (Å²) in [4.78, 5) is 3.74. The van der Waals surface area contributed by atoms with Gasteiger partial charge in [-0.25, -0.2) is 9.37 Å². The highest BCUT2D eigenvalue weighted by molar-refractivity contribution is 5.72. The maximum atomic E-state index is 14.6. The minimum Gasteiger partial charge on any atom is -0.435 e. The molecule has 5 heteroatoms. The van der Waals surface area contributed by atoms with E-state index < -0.39 is 18.0 Å². The van der Waals surface area contributed by atoms with Gasteiger partial charge in [0.15, 0.2) is 11.8 Å². The second-order valence-electron chi connectivity index (χ2n) is 5.96. The van der Waals surface area contributed by atoms with Gasteiger partial charge in [0, 0.05) is 0 Å². The zero-order valence-electron chi connectivity index (χ0n) is 13.6. The molecule has 1 unspecified atom stereocenters. The third kappa shape index (κ3) is 2.86. The van der Waals surface area contributed by atoms with E-state index in [1.165, 1.54) is 18.2 Å². The Bertz CT molecular complexity index is 993. The van der Waals surface area contributed by atoms with E-state index in [1.807, 2.05) is 30.3 Å². The average molecular weight is 353 g/mol. The summed E-state index contributed by atoms with van der Waals surface area (Å²) in [6.07, 6.45) is -2.56. The Kier molecular flexibility index (Phi) is 3.99. The molecule has 0 aliphatic rings. The van der Waals surface area contributed by atoms with Crippen LogP contribution in [0.3, 0.4) is 0 Å². The lowest BCUT2D eigenvalue weighted by Crippen LogP contribution is -2.21. The SMILES string of the molecule is FC(c1ccc(-c2ccccc2)cc1)C(F)(F)c1nc2ccccc2o1. The average Bonchev–Trinajstić information content (AvgIpc) is 3.13. The molecule has 26 heavy (non-hydrogen) atoms. The lowest BCUT2D eigenvalue weighted by molar-refractivity contribution is -0.100. The molecule has 1 heterocycles. The maximum Gasteiger partial charge on any atom is 0.356 e. The van der Waals surface area contributed by atoms with Crippen LogP contribution in [0.4, 0.5) is 13.2 Å². The Labute approximate surface area is 147 Å². The van der Waals surface area contributed by atoms with E-state index in [9.17, 15) is 13.2 Å². The first kappa shape index (κ1) is 16.4. The van der Waals surface area contributed by atoms with Crippen LogP contribution in [0.1, 0.15) is 17.6 Å². The molecule has 0 fully saturated rings. The monoisotopic (exact) mass is 353 g/mol. The second-order valence-corrected chi connectivity index (χ2v) is 5.96. The second kappa shape index (κ2) is 6.33. The van der Waals surface area contributed by atoms with Gasteiger partial charge in [-0.05, 0) is 28.8 Å². The molecule has 3 aromatic carbocycles. The molecule has 0 aliphatic heterocycles. The molecule has 2 nitrogen and oxygen atoms in total. The minimum atomic E-state index is -3.87. The molecule has 0 N–H and O–H groups in total. The van der Waals surface area contributed by atoms with E-state index in [-0.39, 0.29) is 16.7 Å². The molecule has 1 atom stereocenters. The number of para-hydroxylation sites is 2. The van der Waals surface area contributed by atoms with Crippen molar-refractivity contribution in [1.29, 1.82) is 0 Å². The summed E-state index contributed by atoms with van der Waals surface area (Å²) in [6.45, 7) is 0. The van der Waals surface area contributed by atoms with Crippen LogP contribution in [0.25, 0.3) is 22.2 Å². The predicted octanol–water partition coefficient (Wildman–Crippen LogP) is 6.30. The Morgan fingerprint density at radius 2 is 1.38 bits per heavy atom. The lowest BCUT2D eigenvalue weighted by atomic mass is 10.00. The normalized spacial score (nSPS) is 13.0. The zero-order chi connectivity index (χ0) is 18.1. The highest BCUT2D eigenvalue weighted by Gasteiger charge is 2.48. The summed E-state index contributed by atoms with van der Waals surface area (Å²) in [5, 5.41) is 0. The van der Waals surface area contributed by atoms with Crippen molar-refractivity contribution in [2.45, 2.75) is 12.1 Å². The van der Waals surface area contributed by atoms with Crippen LogP contribution >= 0.6 is 0 Å². The van der Waals surface area contributed by atoms with Gasteiger partial charge >= 0.3 is 5.92 Å². The number of hydrogen-bond acceptors (Lipinski definition) is 2. The van der Waals surface area contributed by atoms with Gasteiger partial charge in [-0.3, -0.25) is 0 Å². The molecule has 130 valence electrons. The van der Waals surface area contributed by atoms with E-state index in [4.69, 9.17) is 4.42 Å². The Hall–Kier alpha value is -3.08. The molecule has 4 aromatic rings. The first-order chi connectivity index (χ1) is 12.6. The van der Waals surface area contributed by atoms with E-state index in [1.54, 1.807) is 30.3 Å². The van der Waals surface area contributed by atoms with E-state index in [0.717, 1.165) is 11.1 Å². The minimum absolute atomic E-state index is 0.128. The van der Waals surface area contributed by atoms with Gasteiger partial charge in [0.2, 0.25) is 0 Å². The Morgan fingerprint density at radius 3 is 2.08 bits per heavy atom. The van der Waals surface area contributed by atoms with Crippen LogP contribution in [-0.4, -0.2) is 4.98 Å². The van der Waals surface area contributed by atoms with Crippen LogP contribution in [-0.2, 0) is 5.92 Å². The molecule has 0 saturated carbocycles. The van der Waals surface area contributed by atoms with Gasteiger partial charge in [0.1, 0.15) is 5.52 Å². The number of halogens is 3. The van der Waals surface area contributed by atoms with Crippen molar-refractivity contribution >= 4 is 11.1 Å². The summed E-state index contributed by atoms with van der Waals surface area (Å²) in [6, 6.07) is 21.8. The van der Waals surface area contributed by atoms with Crippen molar-refractivity contribution in [2.75, 3.05) is 0 Å². The van der Waals surface area contributed by atoms with E-state index >= 15 is 0 Å². The van der Waals surface area contributed by atoms with Crippen LogP contribution < -0.4 is 0 Å². The fourth-order valence-electron chi connectivity index (χ4n) is 2.81. The van der Waals surface area contributed by atoms with Crippen LogP contribution in [0, 0.1) is 0 Å². The summed E-state index contributed by atoms with van der Waals surface area (Å²) in [7, 11) is 0. The molecule has 0 aliphatic carbocycles. The standard InChI is InChI=1S/C21H14F3NO/c22-19(16-12-10-15(11-13-16)14-6-2-1-3-7-14)21(23,24)20-25-17-8-4-5-9-18(17)26-20/h1-13,19H. The molecule has 0 spiro atoms. The van der Waals surface area contributed by atoms with E-state index in [0.29, 0.717) is 0 Å². The number of benzene rings is 3. The topological polar surface area (TPSA) is 26.0 Å². The third-order valence-electron chi connectivity index (χ3n) is 4.21. The van der Waals surface area contributed by atoms with Gasteiger partial charge < -0.3 is 4.42 Å². The summed E-state index contributed by atoms with van der Waals surface area (Å²) in [5.41, 5.74) is 2.10. The molecule has 0 amide bonds. The van der Waals surface area contributed by atoms with Crippen molar-refractivity contribution in [1.82, 2.24) is 4.98 Å². The lowest BCUT2D eigenvalue weighted by Gasteiger charge is -2.18. The van der Waals surface area contributed by atoms with Gasteiger partial charge in [-0.2, -0.15) is 8.78 Å². The number of fused-ring (bicyclic) bond motifs is 1. The predicted molar refractivity (Wildman–Crippen MR) is 93.6 cm³/mol. The van der Waals surface area contributed by atoms with Gasteiger partial charge in [0.05, 0.1) is 0 Å². The number of alkyl halides is 3. The maximum absolute atomic E-state index is 14.6. The summed E-state index contributed by atoms with van der Waals surface area (Å²) in [5.74, 6) is -4.79. The molecule has 0 saturated heterocycles. The Balaban J connectivity index is 1.64. The number of aromatic nitrogens is 1. The number of rotatable bonds is 4. The first-order valence-electron chi connectivity index (χ1n) is 8.09. The summed E-state index contributed by atoms with van der Waals surface area (Å²) < 4.78 is 48.8. The molecule has 0 bridgehead atoms. The quantitative estimate of drug-likeness (QED) is 0.430. The van der Waals surface area contributed by atoms with Crippen molar-refractivity contribution in [3.05, 3.63) is 90.3 Å². The van der Waals surface area contributed by atoms with Gasteiger partial charge in [-0.1, -0.05) is 66.7 Å². The zero-order valence-corrected chi connectivity index (χ0v) is 13.6. The largest absolute Gasteiger partial charge is 0.435 e.